The zero-order chi connectivity index (χ0) is 17.8. The number of tetrazole rings is 1. The molecule has 3 aromatic rings. The van der Waals surface area contributed by atoms with E-state index < -0.39 is 0 Å². The molecule has 1 aromatic carbocycles. The Bertz CT molecular complexity index is 889. The smallest absolute Gasteiger partial charge is 0.264 e. The van der Waals surface area contributed by atoms with Crippen LogP contribution in [0.3, 0.4) is 0 Å². The van der Waals surface area contributed by atoms with Gasteiger partial charge >= 0.3 is 0 Å². The average Bonchev–Trinajstić information content (AvgIpc) is 3.23. The first-order valence-corrected chi connectivity index (χ1v) is 8.09. The van der Waals surface area contributed by atoms with Crippen molar-refractivity contribution in [2.75, 3.05) is 11.9 Å². The molecule has 0 saturated heterocycles. The number of carbonyl (C=O) groups is 2. The van der Waals surface area contributed by atoms with Gasteiger partial charge in [0.05, 0.1) is 16.3 Å². The maximum absolute atomic E-state index is 11.9. The summed E-state index contributed by atoms with van der Waals surface area (Å²) >= 11 is 1.15. The Morgan fingerprint density at radius 2 is 2.04 bits per heavy atom. The normalized spacial score (nSPS) is 10.5. The summed E-state index contributed by atoms with van der Waals surface area (Å²) < 4.78 is 6.94. The fourth-order valence-corrected chi connectivity index (χ4v) is 2.93. The van der Waals surface area contributed by atoms with E-state index in [9.17, 15) is 9.59 Å². The second-order valence-electron chi connectivity index (χ2n) is 5.07. The summed E-state index contributed by atoms with van der Waals surface area (Å²) in [4.78, 5) is 28.0. The summed E-state index contributed by atoms with van der Waals surface area (Å²) in [5.74, 6) is 0.106. The van der Waals surface area contributed by atoms with Gasteiger partial charge in [0, 0.05) is 6.92 Å². The number of hydrogen-bond acceptors (Lipinski definition) is 8. The fourth-order valence-electron chi connectivity index (χ4n) is 2.06. The van der Waals surface area contributed by atoms with Crippen molar-refractivity contribution in [3.8, 4) is 11.4 Å². The van der Waals surface area contributed by atoms with Crippen LogP contribution in [-0.2, 0) is 4.79 Å². The van der Waals surface area contributed by atoms with Crippen LogP contribution in [0.2, 0.25) is 0 Å². The summed E-state index contributed by atoms with van der Waals surface area (Å²) in [6.07, 6.45) is 1.48. The highest BCUT2D eigenvalue weighted by molar-refractivity contribution is 7.17. The van der Waals surface area contributed by atoms with E-state index in [-0.39, 0.29) is 18.3 Å². The minimum atomic E-state index is -0.353. The van der Waals surface area contributed by atoms with Crippen LogP contribution in [0.15, 0.2) is 30.6 Å². The van der Waals surface area contributed by atoms with Gasteiger partial charge in [-0.2, -0.15) is 0 Å². The van der Waals surface area contributed by atoms with Gasteiger partial charge < -0.3 is 4.74 Å². The number of nitrogens with one attached hydrogen (secondary N) is 1. The molecular weight excluding hydrogens is 344 g/mol. The molecule has 2 heterocycles. The Morgan fingerprint density at radius 1 is 1.28 bits per heavy atom. The zero-order valence-corrected chi connectivity index (χ0v) is 14.3. The van der Waals surface area contributed by atoms with Crippen molar-refractivity contribution < 1.29 is 14.3 Å². The predicted molar refractivity (Wildman–Crippen MR) is 90.1 cm³/mol. The minimum Gasteiger partial charge on any atom is -0.484 e. The lowest BCUT2D eigenvalue weighted by Crippen LogP contribution is -2.20. The summed E-state index contributed by atoms with van der Waals surface area (Å²) in [7, 11) is 0. The molecule has 0 aliphatic carbocycles. The first-order valence-electron chi connectivity index (χ1n) is 7.27. The van der Waals surface area contributed by atoms with Gasteiger partial charge in [-0.15, -0.1) is 5.10 Å². The van der Waals surface area contributed by atoms with Crippen molar-refractivity contribution in [2.45, 2.75) is 13.8 Å². The number of hydrogen-bond donors (Lipinski definition) is 1. The number of ether oxygens (including phenoxy) is 1. The van der Waals surface area contributed by atoms with Crippen molar-refractivity contribution in [3.05, 3.63) is 41.2 Å². The molecule has 1 amide bonds. The van der Waals surface area contributed by atoms with Crippen molar-refractivity contribution in [1.29, 1.82) is 0 Å². The van der Waals surface area contributed by atoms with E-state index in [0.29, 0.717) is 21.5 Å². The molecule has 0 spiro atoms. The second-order valence-corrected chi connectivity index (χ2v) is 6.07. The third kappa shape index (κ3) is 4.04. The van der Waals surface area contributed by atoms with Crippen molar-refractivity contribution in [3.63, 3.8) is 0 Å². The van der Waals surface area contributed by atoms with Crippen LogP contribution in [0, 0.1) is 6.92 Å². The molecule has 0 aliphatic heterocycles. The molecule has 0 aliphatic rings. The molecule has 0 atom stereocenters. The number of carbonyl (C=O) groups excluding carboxylic acids is 2. The Kier molecular flexibility index (Phi) is 4.80. The number of rotatable bonds is 6. The van der Waals surface area contributed by atoms with Gasteiger partial charge in [-0.05, 0) is 41.6 Å². The maximum Gasteiger partial charge on any atom is 0.264 e. The molecule has 0 radical (unpaired) electrons. The lowest BCUT2D eigenvalue weighted by atomic mass is 10.3. The van der Waals surface area contributed by atoms with Gasteiger partial charge in [0.2, 0.25) is 0 Å². The molecule has 0 unspecified atom stereocenters. The average molecular weight is 358 g/mol. The molecule has 128 valence electrons. The van der Waals surface area contributed by atoms with E-state index in [1.165, 1.54) is 17.9 Å². The molecule has 3 rings (SSSR count). The standard InChI is InChI=1S/C15H14N6O3S/c1-9-14(10(2)22)25-15(17-9)18-13(23)7-24-12-5-3-11(4-6-12)21-8-16-19-20-21/h3-6,8H,7H2,1-2H3,(H,17,18,23). The SMILES string of the molecule is CC(=O)c1sc(NC(=O)COc2ccc(-n3cnnn3)cc2)nc1C. The molecule has 2 aromatic heterocycles. The molecule has 0 bridgehead atoms. The molecule has 0 saturated carbocycles. The van der Waals surface area contributed by atoms with Crippen LogP contribution in [0.1, 0.15) is 22.3 Å². The highest BCUT2D eigenvalue weighted by Crippen LogP contribution is 2.23. The van der Waals surface area contributed by atoms with Crippen molar-refractivity contribution >= 4 is 28.2 Å². The van der Waals surface area contributed by atoms with Crippen LogP contribution >= 0.6 is 11.3 Å². The van der Waals surface area contributed by atoms with E-state index in [4.69, 9.17) is 4.74 Å². The van der Waals surface area contributed by atoms with Gasteiger partial charge in [-0.3, -0.25) is 14.9 Å². The Labute approximate surface area is 146 Å². The lowest BCUT2D eigenvalue weighted by Gasteiger charge is -2.06. The Morgan fingerprint density at radius 3 is 2.64 bits per heavy atom. The molecular formula is C15H14N6O3S. The minimum absolute atomic E-state index is 0.0746. The maximum atomic E-state index is 11.9. The Balaban J connectivity index is 1.55. The topological polar surface area (TPSA) is 112 Å². The lowest BCUT2D eigenvalue weighted by molar-refractivity contribution is -0.118. The highest BCUT2D eigenvalue weighted by atomic mass is 32.1. The van der Waals surface area contributed by atoms with Crippen LogP contribution in [0.25, 0.3) is 5.69 Å². The third-order valence-corrected chi connectivity index (χ3v) is 4.36. The largest absolute Gasteiger partial charge is 0.484 e. The number of Topliss-reactive ketones (excluding diaryl/α,β-unsaturated/α-hetero) is 1. The summed E-state index contributed by atoms with van der Waals surface area (Å²) in [6.45, 7) is 3.03. The first kappa shape index (κ1) is 16.7. The van der Waals surface area contributed by atoms with E-state index in [1.807, 2.05) is 0 Å². The predicted octanol–water partition coefficient (Wildman–Crippen LogP) is 1.65. The van der Waals surface area contributed by atoms with Crippen LogP contribution < -0.4 is 10.1 Å². The quantitative estimate of drug-likeness (QED) is 0.667. The summed E-state index contributed by atoms with van der Waals surface area (Å²) in [5.41, 5.74) is 1.38. The van der Waals surface area contributed by atoms with Crippen LogP contribution in [0.4, 0.5) is 5.13 Å². The summed E-state index contributed by atoms with van der Waals surface area (Å²) in [6, 6.07) is 6.97. The number of thiazole rings is 1. The van der Waals surface area contributed by atoms with Gasteiger partial charge in [-0.25, -0.2) is 9.67 Å². The van der Waals surface area contributed by atoms with E-state index >= 15 is 0 Å². The van der Waals surface area contributed by atoms with Gasteiger partial charge in [0.15, 0.2) is 17.5 Å². The van der Waals surface area contributed by atoms with E-state index in [2.05, 4.69) is 25.8 Å². The number of anilines is 1. The monoisotopic (exact) mass is 358 g/mol. The molecule has 10 heteroatoms. The van der Waals surface area contributed by atoms with Gasteiger partial charge in [-0.1, -0.05) is 11.3 Å². The zero-order valence-electron chi connectivity index (χ0n) is 13.5. The third-order valence-electron chi connectivity index (χ3n) is 3.18. The number of amides is 1. The Hall–Kier alpha value is -3.14. The van der Waals surface area contributed by atoms with Crippen LogP contribution in [-0.4, -0.2) is 43.5 Å². The summed E-state index contributed by atoms with van der Waals surface area (Å²) in [5, 5.41) is 13.9. The fraction of sp³-hybridized carbons (Fsp3) is 0.200. The molecule has 9 nitrogen and oxygen atoms in total. The first-order chi connectivity index (χ1) is 12.0. The number of aromatic nitrogens is 5. The molecule has 1 N–H and O–H groups in total. The van der Waals surface area contributed by atoms with Crippen molar-refractivity contribution in [1.82, 2.24) is 25.2 Å². The number of ketones is 1. The van der Waals surface area contributed by atoms with Gasteiger partial charge in [0.25, 0.3) is 5.91 Å². The van der Waals surface area contributed by atoms with Gasteiger partial charge in [0.1, 0.15) is 12.1 Å². The van der Waals surface area contributed by atoms with E-state index in [0.717, 1.165) is 17.0 Å². The second kappa shape index (κ2) is 7.18. The number of benzene rings is 1. The van der Waals surface area contributed by atoms with Crippen LogP contribution in [0.5, 0.6) is 5.75 Å². The number of aryl methyl sites for hydroxylation is 1. The molecule has 0 fully saturated rings. The molecule has 25 heavy (non-hydrogen) atoms. The van der Waals surface area contributed by atoms with Crippen molar-refractivity contribution in [2.24, 2.45) is 0 Å². The van der Waals surface area contributed by atoms with E-state index in [1.54, 1.807) is 31.2 Å². The number of nitrogens with zero attached hydrogens (tertiary/aromatic N) is 5. The highest BCUT2D eigenvalue weighted by Gasteiger charge is 2.13.